The lowest BCUT2D eigenvalue weighted by molar-refractivity contribution is 0.215. The van der Waals surface area contributed by atoms with Crippen LogP contribution in [0.15, 0.2) is 77.2 Å². The van der Waals surface area contributed by atoms with Gasteiger partial charge in [0.1, 0.15) is 28.7 Å². The van der Waals surface area contributed by atoms with E-state index in [1.54, 1.807) is 36.4 Å². The minimum Gasteiger partial charge on any atom is -0.459 e. The van der Waals surface area contributed by atoms with Crippen molar-refractivity contribution in [1.82, 2.24) is 4.98 Å². The highest BCUT2D eigenvalue weighted by Crippen LogP contribution is 2.22. The highest BCUT2D eigenvalue weighted by Gasteiger charge is 2.10. The van der Waals surface area contributed by atoms with Gasteiger partial charge in [0, 0.05) is 5.39 Å². The maximum atomic E-state index is 12.0. The summed E-state index contributed by atoms with van der Waals surface area (Å²) in [5.41, 5.74) is 7.16. The summed E-state index contributed by atoms with van der Waals surface area (Å²) >= 11 is 0. The molecule has 2 heterocycles. The number of aromatic nitrogens is 1. The molecule has 7 heteroatoms. The summed E-state index contributed by atoms with van der Waals surface area (Å²) in [4.78, 5) is 16.2. The molecule has 0 fully saturated rings. The number of fused-ring (bicyclic) bond motifs is 1. The number of anilines is 3. The van der Waals surface area contributed by atoms with Crippen LogP contribution in [-0.2, 0) is 6.54 Å². The van der Waals surface area contributed by atoms with Crippen LogP contribution in [0.25, 0.3) is 11.0 Å². The van der Waals surface area contributed by atoms with Gasteiger partial charge in [0.2, 0.25) is 0 Å². The van der Waals surface area contributed by atoms with Gasteiger partial charge in [0.05, 0.1) is 12.2 Å². The number of furan rings is 1. The third-order valence-corrected chi connectivity index (χ3v) is 4.04. The van der Waals surface area contributed by atoms with Crippen LogP contribution in [0.5, 0.6) is 5.75 Å². The van der Waals surface area contributed by atoms with Crippen LogP contribution in [0.4, 0.5) is 22.1 Å². The summed E-state index contributed by atoms with van der Waals surface area (Å²) in [6.45, 7) is 0.462. The van der Waals surface area contributed by atoms with Crippen molar-refractivity contribution in [3.8, 4) is 5.75 Å². The van der Waals surface area contributed by atoms with Crippen molar-refractivity contribution >= 4 is 34.4 Å². The van der Waals surface area contributed by atoms with E-state index in [-0.39, 0.29) is 5.82 Å². The van der Waals surface area contributed by atoms with E-state index in [1.807, 2.05) is 36.4 Å². The molecule has 0 aliphatic heterocycles. The molecule has 0 aliphatic rings. The number of carbonyl (C=O) groups is 1. The van der Waals surface area contributed by atoms with Gasteiger partial charge in [-0.1, -0.05) is 36.4 Å². The van der Waals surface area contributed by atoms with Crippen LogP contribution in [0.1, 0.15) is 5.76 Å². The molecule has 4 N–H and O–H groups in total. The molecule has 0 saturated heterocycles. The second kappa shape index (κ2) is 7.71. The Hall–Kier alpha value is -4.00. The van der Waals surface area contributed by atoms with E-state index in [0.717, 1.165) is 16.7 Å². The normalized spacial score (nSPS) is 10.6. The highest BCUT2D eigenvalue weighted by atomic mass is 16.6. The molecule has 0 spiro atoms. The molecular weight excluding hydrogens is 356 g/mol. The number of nitrogens with one attached hydrogen (secondary N) is 2. The van der Waals surface area contributed by atoms with Gasteiger partial charge in [-0.25, -0.2) is 9.78 Å². The molecule has 0 saturated carbocycles. The van der Waals surface area contributed by atoms with Gasteiger partial charge in [0.15, 0.2) is 0 Å². The summed E-state index contributed by atoms with van der Waals surface area (Å²) in [7, 11) is 0. The predicted octanol–water partition coefficient (Wildman–Crippen LogP) is 4.63. The Morgan fingerprint density at radius 1 is 1.04 bits per heavy atom. The number of rotatable bonds is 5. The lowest BCUT2D eigenvalue weighted by atomic mass is 10.2. The number of ether oxygens (including phenoxy) is 1. The molecule has 0 bridgehead atoms. The van der Waals surface area contributed by atoms with E-state index >= 15 is 0 Å². The molecule has 0 aliphatic carbocycles. The average Bonchev–Trinajstić information content (AvgIpc) is 3.12. The van der Waals surface area contributed by atoms with Crippen molar-refractivity contribution in [3.63, 3.8) is 0 Å². The number of nitrogen functional groups attached to an aromatic ring is 1. The number of hydrogen-bond donors (Lipinski definition) is 3. The topological polar surface area (TPSA) is 102 Å². The van der Waals surface area contributed by atoms with E-state index in [4.69, 9.17) is 14.9 Å². The van der Waals surface area contributed by atoms with Crippen LogP contribution in [0, 0.1) is 0 Å². The van der Waals surface area contributed by atoms with Crippen molar-refractivity contribution in [1.29, 1.82) is 0 Å². The fraction of sp³-hybridized carbons (Fsp3) is 0.0476. The zero-order chi connectivity index (χ0) is 19.3. The minimum absolute atomic E-state index is 0.180. The quantitative estimate of drug-likeness (QED) is 0.470. The summed E-state index contributed by atoms with van der Waals surface area (Å²) in [5.74, 6) is 1.98. The fourth-order valence-corrected chi connectivity index (χ4v) is 2.71. The van der Waals surface area contributed by atoms with Gasteiger partial charge >= 0.3 is 6.09 Å². The van der Waals surface area contributed by atoms with Crippen molar-refractivity contribution in [2.45, 2.75) is 6.54 Å². The third kappa shape index (κ3) is 4.04. The number of carbonyl (C=O) groups excluding carboxylic acids is 1. The Kier molecular flexibility index (Phi) is 4.79. The Balaban J connectivity index is 1.37. The molecule has 1 amide bonds. The molecule has 0 unspecified atom stereocenters. The number of amides is 1. The van der Waals surface area contributed by atoms with Crippen LogP contribution in [0.3, 0.4) is 0 Å². The minimum atomic E-state index is -0.636. The van der Waals surface area contributed by atoms with Crippen molar-refractivity contribution in [2.75, 3.05) is 16.4 Å². The number of nitrogens with two attached hydrogens (primary N) is 1. The second-order valence-corrected chi connectivity index (χ2v) is 6.06. The molecule has 0 radical (unpaired) electrons. The van der Waals surface area contributed by atoms with E-state index < -0.39 is 6.09 Å². The number of nitrogens with zero attached hydrogens (tertiary/aromatic N) is 1. The molecule has 140 valence electrons. The third-order valence-electron chi connectivity index (χ3n) is 4.04. The van der Waals surface area contributed by atoms with E-state index in [9.17, 15) is 4.79 Å². The molecule has 4 aromatic rings. The zero-order valence-corrected chi connectivity index (χ0v) is 14.9. The first-order valence-corrected chi connectivity index (χ1v) is 8.69. The highest BCUT2D eigenvalue weighted by molar-refractivity contribution is 5.89. The van der Waals surface area contributed by atoms with Crippen molar-refractivity contribution in [2.24, 2.45) is 0 Å². The van der Waals surface area contributed by atoms with E-state index in [1.165, 1.54) is 0 Å². The smallest absolute Gasteiger partial charge is 0.417 e. The monoisotopic (exact) mass is 374 g/mol. The van der Waals surface area contributed by atoms with Gasteiger partial charge in [0.25, 0.3) is 0 Å². The van der Waals surface area contributed by atoms with Crippen LogP contribution in [-0.4, -0.2) is 11.1 Å². The Labute approximate surface area is 161 Å². The molecular formula is C21H18N4O3. The van der Waals surface area contributed by atoms with Gasteiger partial charge in [-0.2, -0.15) is 0 Å². The second-order valence-electron chi connectivity index (χ2n) is 6.06. The number of hydrogen-bond acceptors (Lipinski definition) is 6. The average molecular weight is 374 g/mol. The van der Waals surface area contributed by atoms with Crippen LogP contribution < -0.4 is 21.1 Å². The lowest BCUT2D eigenvalue weighted by Crippen LogP contribution is -2.18. The van der Waals surface area contributed by atoms with Gasteiger partial charge in [-0.3, -0.25) is 5.32 Å². The Morgan fingerprint density at radius 2 is 1.82 bits per heavy atom. The molecule has 0 atom stereocenters. The van der Waals surface area contributed by atoms with Gasteiger partial charge < -0.3 is 20.2 Å². The number of pyridine rings is 1. The molecule has 2 aromatic heterocycles. The van der Waals surface area contributed by atoms with Crippen molar-refractivity contribution in [3.05, 3.63) is 78.6 Å². The molecule has 2 aromatic carbocycles. The largest absolute Gasteiger partial charge is 0.459 e. The number of benzene rings is 2. The maximum absolute atomic E-state index is 12.0. The standard InChI is InChI=1S/C21H18N4O3/c22-20-17(24-21(26)28-15-7-2-1-3-8-15)10-11-19(25-20)23-13-16-12-14-6-4-5-9-18(14)27-16/h1-12H,13H2,(H,24,26)(H3,22,23,25). The number of para-hydroxylation sites is 2. The Morgan fingerprint density at radius 3 is 2.61 bits per heavy atom. The van der Waals surface area contributed by atoms with Gasteiger partial charge in [-0.15, -0.1) is 0 Å². The van der Waals surface area contributed by atoms with E-state index in [0.29, 0.717) is 23.8 Å². The summed E-state index contributed by atoms with van der Waals surface area (Å²) < 4.78 is 10.9. The summed E-state index contributed by atoms with van der Waals surface area (Å²) in [6, 6.07) is 21.9. The van der Waals surface area contributed by atoms with Crippen molar-refractivity contribution < 1.29 is 13.9 Å². The maximum Gasteiger partial charge on any atom is 0.417 e. The lowest BCUT2D eigenvalue weighted by Gasteiger charge is -2.10. The first-order valence-electron chi connectivity index (χ1n) is 8.69. The van der Waals surface area contributed by atoms with E-state index in [2.05, 4.69) is 15.6 Å². The molecule has 7 nitrogen and oxygen atoms in total. The first kappa shape index (κ1) is 17.4. The fourth-order valence-electron chi connectivity index (χ4n) is 2.71. The molecule has 28 heavy (non-hydrogen) atoms. The predicted molar refractivity (Wildman–Crippen MR) is 108 cm³/mol. The van der Waals surface area contributed by atoms with Crippen LogP contribution >= 0.6 is 0 Å². The van der Waals surface area contributed by atoms with Gasteiger partial charge in [-0.05, 0) is 36.4 Å². The SMILES string of the molecule is Nc1nc(NCc2cc3ccccc3o2)ccc1NC(=O)Oc1ccccc1. The first-order chi connectivity index (χ1) is 13.7. The van der Waals surface area contributed by atoms with Crippen LogP contribution in [0.2, 0.25) is 0 Å². The summed E-state index contributed by atoms with van der Waals surface area (Å²) in [6.07, 6.45) is -0.636. The summed E-state index contributed by atoms with van der Waals surface area (Å²) in [5, 5.41) is 6.78. The molecule has 4 rings (SSSR count). The Bertz CT molecular complexity index is 1080. The zero-order valence-electron chi connectivity index (χ0n) is 14.9.